The molecule has 0 spiro atoms. The molecule has 0 bridgehead atoms. The van der Waals surface area contributed by atoms with Crippen LogP contribution in [-0.4, -0.2) is 100 Å². The summed E-state index contributed by atoms with van der Waals surface area (Å²) in [5.74, 6) is -0.153. The van der Waals surface area contributed by atoms with E-state index in [2.05, 4.69) is 19.2 Å². The molecule has 7 unspecified atom stereocenters. The van der Waals surface area contributed by atoms with Crippen LogP contribution in [0.5, 0.6) is 0 Å². The highest BCUT2D eigenvalue weighted by Crippen LogP contribution is 2.24. The van der Waals surface area contributed by atoms with E-state index >= 15 is 0 Å². The minimum Gasteiger partial charge on any atom is -0.466 e. The number of ether oxygens (including phenoxy) is 3. The number of aliphatic hydroxyl groups excluding tert-OH is 5. The van der Waals surface area contributed by atoms with Crippen LogP contribution in [-0.2, 0) is 23.8 Å². The molecule has 0 aromatic heterocycles. The van der Waals surface area contributed by atoms with Crippen molar-refractivity contribution in [2.24, 2.45) is 0 Å². The van der Waals surface area contributed by atoms with Crippen molar-refractivity contribution in [2.75, 3.05) is 19.8 Å². The molecule has 1 saturated heterocycles. The number of aliphatic hydroxyl groups is 5. The van der Waals surface area contributed by atoms with E-state index in [1.54, 1.807) is 6.08 Å². The van der Waals surface area contributed by atoms with Crippen molar-refractivity contribution in [3.63, 3.8) is 0 Å². The maximum absolute atomic E-state index is 13.0. The normalized spacial score (nSPS) is 17.5. The number of carbonyl (C=O) groups excluding carboxylic acids is 2. The van der Waals surface area contributed by atoms with Crippen LogP contribution < -0.4 is 5.32 Å². The lowest BCUT2D eigenvalue weighted by atomic mass is 9.99. The van der Waals surface area contributed by atoms with Crippen LogP contribution in [0.1, 0.15) is 425 Å². The summed E-state index contributed by atoms with van der Waals surface area (Å²) >= 11 is 0. The molecule has 0 aromatic rings. The Kier molecular flexibility index (Phi) is 67.0. The number of nitrogens with one attached hydrogen (secondary N) is 1. The predicted octanol–water partition coefficient (Wildman–Crippen LogP) is 21.8. The summed E-state index contributed by atoms with van der Waals surface area (Å²) < 4.78 is 16.8. The Morgan fingerprint density at radius 3 is 1.02 bits per heavy atom. The largest absolute Gasteiger partial charge is 0.466 e. The summed E-state index contributed by atoms with van der Waals surface area (Å²) in [5, 5.41) is 54.4. The standard InChI is InChI=1S/C80H155NO10/c1-3-5-7-9-11-13-14-15-16-38-42-45-48-52-56-60-64-68-76(85)89-69-65-61-57-53-49-46-43-40-37-35-33-31-29-27-25-23-21-19-17-18-20-22-24-26-28-30-32-34-36-39-41-44-47-51-55-59-63-67-75(84)81-72(73(83)66-62-58-54-50-12-10-8-6-4-2)71-90-80-79(88)78(87)77(86)74(70-82)91-80/h62,66,72-74,77-80,82-83,86-88H,3-61,63-65,67-71H2,1-2H3,(H,81,84)/b66-62+. The van der Waals surface area contributed by atoms with Gasteiger partial charge in [0.05, 0.1) is 32.0 Å². The summed E-state index contributed by atoms with van der Waals surface area (Å²) in [6.07, 6.45) is 78.5. The summed E-state index contributed by atoms with van der Waals surface area (Å²) in [7, 11) is 0. The van der Waals surface area contributed by atoms with E-state index < -0.39 is 49.5 Å². The number of unbranched alkanes of at least 4 members (excludes halogenated alkanes) is 59. The lowest BCUT2D eigenvalue weighted by molar-refractivity contribution is -0.302. The van der Waals surface area contributed by atoms with Gasteiger partial charge in [0.2, 0.25) is 5.91 Å². The molecule has 1 fully saturated rings. The average Bonchev–Trinajstić information content (AvgIpc) is 1.42. The van der Waals surface area contributed by atoms with Gasteiger partial charge in [0.15, 0.2) is 6.29 Å². The van der Waals surface area contributed by atoms with Crippen molar-refractivity contribution in [2.45, 2.75) is 468 Å². The van der Waals surface area contributed by atoms with Crippen LogP contribution in [0.2, 0.25) is 0 Å². The maximum Gasteiger partial charge on any atom is 0.305 e. The molecule has 1 heterocycles. The quantitative estimate of drug-likeness (QED) is 0.0195. The van der Waals surface area contributed by atoms with Crippen LogP contribution >= 0.6 is 0 Å². The maximum atomic E-state index is 13.0. The second-order valence-electron chi connectivity index (χ2n) is 28.5. The van der Waals surface area contributed by atoms with E-state index in [9.17, 15) is 35.1 Å². The second kappa shape index (κ2) is 69.7. The Morgan fingerprint density at radius 2 is 0.692 bits per heavy atom. The van der Waals surface area contributed by atoms with Gasteiger partial charge in [-0.2, -0.15) is 0 Å². The van der Waals surface area contributed by atoms with Gasteiger partial charge >= 0.3 is 5.97 Å². The van der Waals surface area contributed by atoms with Crippen LogP contribution in [0.25, 0.3) is 0 Å². The minimum absolute atomic E-state index is 0.0223. The number of hydrogen-bond donors (Lipinski definition) is 6. The lowest BCUT2D eigenvalue weighted by Gasteiger charge is -2.40. The van der Waals surface area contributed by atoms with Gasteiger partial charge in [0.25, 0.3) is 0 Å². The van der Waals surface area contributed by atoms with E-state index in [-0.39, 0.29) is 18.5 Å². The van der Waals surface area contributed by atoms with Gasteiger partial charge in [-0.15, -0.1) is 0 Å². The monoisotopic (exact) mass is 1290 g/mol. The zero-order valence-corrected chi connectivity index (χ0v) is 60.3. The van der Waals surface area contributed by atoms with Gasteiger partial charge in [0.1, 0.15) is 24.4 Å². The zero-order chi connectivity index (χ0) is 65.8. The molecule has 1 amide bonds. The van der Waals surface area contributed by atoms with Crippen molar-refractivity contribution >= 4 is 11.9 Å². The highest BCUT2D eigenvalue weighted by atomic mass is 16.7. The van der Waals surface area contributed by atoms with Crippen molar-refractivity contribution in [1.29, 1.82) is 0 Å². The lowest BCUT2D eigenvalue weighted by Crippen LogP contribution is -2.60. The molecule has 0 aromatic carbocycles. The summed E-state index contributed by atoms with van der Waals surface area (Å²) in [6.45, 7) is 4.38. The average molecular weight is 1290 g/mol. The van der Waals surface area contributed by atoms with Gasteiger partial charge in [-0.25, -0.2) is 0 Å². The number of carbonyl (C=O) groups is 2. The number of hydrogen-bond acceptors (Lipinski definition) is 10. The third-order valence-electron chi connectivity index (χ3n) is 19.7. The smallest absolute Gasteiger partial charge is 0.305 e. The van der Waals surface area contributed by atoms with Gasteiger partial charge in [-0.05, 0) is 32.1 Å². The Hall–Kier alpha value is -1.60. The molecular formula is C80H155NO10. The molecule has 91 heavy (non-hydrogen) atoms. The Bertz CT molecular complexity index is 1510. The van der Waals surface area contributed by atoms with Crippen LogP contribution in [0, 0.1) is 0 Å². The van der Waals surface area contributed by atoms with Gasteiger partial charge in [-0.1, -0.05) is 392 Å². The van der Waals surface area contributed by atoms with Gasteiger partial charge < -0.3 is 45.1 Å². The topological polar surface area (TPSA) is 175 Å². The fraction of sp³-hybridized carbons (Fsp3) is 0.950. The molecule has 7 atom stereocenters. The third-order valence-corrected chi connectivity index (χ3v) is 19.7. The summed E-state index contributed by atoms with van der Waals surface area (Å²) in [6, 6.07) is -0.803. The van der Waals surface area contributed by atoms with Crippen LogP contribution in [0.4, 0.5) is 0 Å². The molecule has 0 saturated carbocycles. The van der Waals surface area contributed by atoms with E-state index in [0.29, 0.717) is 19.4 Å². The van der Waals surface area contributed by atoms with E-state index in [0.717, 1.165) is 51.4 Å². The fourth-order valence-corrected chi connectivity index (χ4v) is 13.3. The highest BCUT2D eigenvalue weighted by Gasteiger charge is 2.44. The van der Waals surface area contributed by atoms with E-state index in [1.165, 1.54) is 347 Å². The zero-order valence-electron chi connectivity index (χ0n) is 60.3. The molecule has 1 aliphatic rings. The molecule has 0 aliphatic carbocycles. The predicted molar refractivity (Wildman–Crippen MR) is 385 cm³/mol. The van der Waals surface area contributed by atoms with E-state index in [4.69, 9.17) is 14.2 Å². The van der Waals surface area contributed by atoms with Crippen molar-refractivity contribution < 1.29 is 49.3 Å². The number of rotatable bonds is 73. The molecule has 11 heteroatoms. The molecule has 0 radical (unpaired) electrons. The van der Waals surface area contributed by atoms with Crippen molar-refractivity contribution in [3.05, 3.63) is 12.2 Å². The highest BCUT2D eigenvalue weighted by molar-refractivity contribution is 5.76. The summed E-state index contributed by atoms with van der Waals surface area (Å²) in [4.78, 5) is 25.2. The molecule has 6 N–H and O–H groups in total. The number of amides is 1. The fourth-order valence-electron chi connectivity index (χ4n) is 13.3. The first-order valence-corrected chi connectivity index (χ1v) is 40.5. The van der Waals surface area contributed by atoms with Gasteiger partial charge in [-0.3, -0.25) is 9.59 Å². The third kappa shape index (κ3) is 58.3. The Balaban J connectivity index is 1.82. The first-order valence-electron chi connectivity index (χ1n) is 40.5. The molecule has 540 valence electrons. The Morgan fingerprint density at radius 1 is 0.396 bits per heavy atom. The molecule has 1 aliphatic heterocycles. The van der Waals surface area contributed by atoms with Crippen molar-refractivity contribution in [1.82, 2.24) is 5.32 Å². The first-order chi connectivity index (χ1) is 44.7. The van der Waals surface area contributed by atoms with Crippen LogP contribution in [0.3, 0.4) is 0 Å². The Labute approximate surface area is 563 Å². The van der Waals surface area contributed by atoms with Crippen LogP contribution in [0.15, 0.2) is 12.2 Å². The van der Waals surface area contributed by atoms with Gasteiger partial charge in [0, 0.05) is 12.8 Å². The molecular weight excluding hydrogens is 1130 g/mol. The summed E-state index contributed by atoms with van der Waals surface area (Å²) in [5.41, 5.74) is 0. The van der Waals surface area contributed by atoms with Crippen molar-refractivity contribution in [3.8, 4) is 0 Å². The second-order valence-corrected chi connectivity index (χ2v) is 28.5. The first kappa shape index (κ1) is 87.4. The number of esters is 1. The SMILES string of the molecule is CCCCCCCCC/C=C/C(O)C(COC1OC(CO)C(O)C(O)C1O)NC(=O)CCCCCCCCCCCCCCCCCCCCCCCCCCCCCCCCCCCCCCCOC(=O)CCCCCCCCCCCCCCCCCCC. The molecule has 1 rings (SSSR count). The molecule has 11 nitrogen and oxygen atoms in total. The number of allylic oxidation sites excluding steroid dienone is 1. The van der Waals surface area contributed by atoms with E-state index in [1.807, 2.05) is 6.08 Å². The minimum atomic E-state index is -1.57.